The largest absolute Gasteiger partial charge is 0.379 e. The van der Waals surface area contributed by atoms with Gasteiger partial charge in [-0.3, -0.25) is 9.40 Å². The Bertz CT molecular complexity index is 962. The van der Waals surface area contributed by atoms with Crippen LogP contribution in [0.25, 0.3) is 0 Å². The van der Waals surface area contributed by atoms with Gasteiger partial charge in [-0.25, -0.2) is 16.8 Å². The minimum atomic E-state index is -3.78. The number of nitrogens with one attached hydrogen (secondary N) is 1. The lowest BCUT2D eigenvalue weighted by Gasteiger charge is -2.26. The van der Waals surface area contributed by atoms with Crippen molar-refractivity contribution in [1.82, 2.24) is 14.1 Å². The molecular formula is C15H20N4O5S2. The van der Waals surface area contributed by atoms with Crippen molar-refractivity contribution in [1.29, 1.82) is 0 Å². The van der Waals surface area contributed by atoms with E-state index in [9.17, 15) is 16.8 Å². The molecule has 0 spiro atoms. The van der Waals surface area contributed by atoms with Gasteiger partial charge in [0.2, 0.25) is 10.0 Å². The molecule has 1 aromatic heterocycles. The molecule has 3 rings (SSSR count). The molecule has 1 saturated heterocycles. The number of benzene rings is 1. The van der Waals surface area contributed by atoms with Gasteiger partial charge in [0.25, 0.3) is 10.0 Å². The molecule has 0 saturated carbocycles. The minimum Gasteiger partial charge on any atom is -0.379 e. The first-order valence-electron chi connectivity index (χ1n) is 8.06. The molecule has 11 heteroatoms. The number of hydrogen-bond donors (Lipinski definition) is 1. The maximum absolute atomic E-state index is 12.6. The van der Waals surface area contributed by atoms with Gasteiger partial charge in [-0.2, -0.15) is 9.40 Å². The first-order chi connectivity index (χ1) is 12.3. The molecule has 0 unspecified atom stereocenters. The summed E-state index contributed by atoms with van der Waals surface area (Å²) in [6, 6.07) is 5.63. The highest BCUT2D eigenvalue weighted by Crippen LogP contribution is 2.21. The Morgan fingerprint density at radius 2 is 1.73 bits per heavy atom. The molecule has 0 amide bonds. The lowest BCUT2D eigenvalue weighted by atomic mass is 10.3. The van der Waals surface area contributed by atoms with Gasteiger partial charge >= 0.3 is 0 Å². The second-order valence-electron chi connectivity index (χ2n) is 5.68. The fourth-order valence-electron chi connectivity index (χ4n) is 2.50. The van der Waals surface area contributed by atoms with Gasteiger partial charge in [-0.15, -0.1) is 0 Å². The second-order valence-corrected chi connectivity index (χ2v) is 9.30. The van der Waals surface area contributed by atoms with Crippen LogP contribution in [-0.4, -0.2) is 57.2 Å². The van der Waals surface area contributed by atoms with Gasteiger partial charge < -0.3 is 4.74 Å². The number of morpholine rings is 1. The lowest BCUT2D eigenvalue weighted by Crippen LogP contribution is -2.40. The van der Waals surface area contributed by atoms with Crippen molar-refractivity contribution < 1.29 is 21.6 Å². The average Bonchev–Trinajstić information content (AvgIpc) is 3.13. The molecule has 1 aliphatic rings. The molecule has 1 fully saturated rings. The van der Waals surface area contributed by atoms with Gasteiger partial charge in [0, 0.05) is 31.5 Å². The molecule has 26 heavy (non-hydrogen) atoms. The zero-order chi connectivity index (χ0) is 18.8. The molecular weight excluding hydrogens is 380 g/mol. The summed E-state index contributed by atoms with van der Waals surface area (Å²) in [4.78, 5) is 0.158. The maximum Gasteiger partial charge on any atom is 0.265 e. The summed E-state index contributed by atoms with van der Waals surface area (Å²) in [6.45, 7) is 3.75. The van der Waals surface area contributed by atoms with Crippen LogP contribution in [0.1, 0.15) is 6.92 Å². The van der Waals surface area contributed by atoms with E-state index >= 15 is 0 Å². The minimum absolute atomic E-state index is 0.0457. The van der Waals surface area contributed by atoms with E-state index in [1.165, 1.54) is 45.6 Å². The Hall–Kier alpha value is -1.95. The first-order valence-corrected chi connectivity index (χ1v) is 11.0. The SMILES string of the molecule is CCn1cc(S(=O)(=O)Nc2ccc(S(=O)(=O)N3CCOCC3)cc2)cn1. The second kappa shape index (κ2) is 7.35. The number of nitrogens with zero attached hydrogens (tertiary/aromatic N) is 3. The molecule has 1 aromatic carbocycles. The number of ether oxygens (including phenoxy) is 1. The molecule has 1 aliphatic heterocycles. The Morgan fingerprint density at radius 3 is 2.31 bits per heavy atom. The highest BCUT2D eigenvalue weighted by molar-refractivity contribution is 7.92. The Morgan fingerprint density at radius 1 is 1.08 bits per heavy atom. The van der Waals surface area contributed by atoms with E-state index in [1.807, 2.05) is 6.92 Å². The van der Waals surface area contributed by atoms with E-state index in [4.69, 9.17) is 4.74 Å². The highest BCUT2D eigenvalue weighted by atomic mass is 32.2. The van der Waals surface area contributed by atoms with Crippen LogP contribution in [-0.2, 0) is 31.3 Å². The Kier molecular flexibility index (Phi) is 5.32. The van der Waals surface area contributed by atoms with E-state index in [2.05, 4.69) is 9.82 Å². The van der Waals surface area contributed by atoms with Crippen molar-refractivity contribution in [2.24, 2.45) is 0 Å². The van der Waals surface area contributed by atoms with E-state index in [-0.39, 0.29) is 15.5 Å². The standard InChI is InChI=1S/C15H20N4O5S2/c1-2-18-12-15(11-16-18)25(20,21)17-13-3-5-14(6-4-13)26(22,23)19-7-9-24-10-8-19/h3-6,11-12,17H,2,7-10H2,1H3. The van der Waals surface area contributed by atoms with Gasteiger partial charge in [0.05, 0.1) is 24.3 Å². The summed E-state index contributed by atoms with van der Waals surface area (Å²) in [5.74, 6) is 0. The third-order valence-electron chi connectivity index (χ3n) is 3.96. The molecule has 9 nitrogen and oxygen atoms in total. The van der Waals surface area contributed by atoms with E-state index in [1.54, 1.807) is 0 Å². The summed E-state index contributed by atoms with van der Waals surface area (Å²) < 4.78 is 60.3. The summed E-state index contributed by atoms with van der Waals surface area (Å²) in [6.07, 6.45) is 2.70. The van der Waals surface area contributed by atoms with Crippen molar-refractivity contribution in [3.63, 3.8) is 0 Å². The van der Waals surface area contributed by atoms with Crippen LogP contribution in [0.5, 0.6) is 0 Å². The van der Waals surface area contributed by atoms with Crippen molar-refractivity contribution in [2.75, 3.05) is 31.0 Å². The molecule has 1 N–H and O–H groups in total. The Balaban J connectivity index is 1.77. The summed E-state index contributed by atoms with van der Waals surface area (Å²) >= 11 is 0. The van der Waals surface area contributed by atoms with Crippen LogP contribution in [0, 0.1) is 0 Å². The normalized spacial score (nSPS) is 16.5. The number of hydrogen-bond acceptors (Lipinski definition) is 6. The molecule has 2 aromatic rings. The van der Waals surface area contributed by atoms with E-state index in [0.29, 0.717) is 32.8 Å². The van der Waals surface area contributed by atoms with Crippen molar-refractivity contribution in [2.45, 2.75) is 23.3 Å². The third-order valence-corrected chi connectivity index (χ3v) is 7.21. The molecule has 0 atom stereocenters. The van der Waals surface area contributed by atoms with Gasteiger partial charge in [0.1, 0.15) is 4.90 Å². The topological polar surface area (TPSA) is 111 Å². The molecule has 0 radical (unpaired) electrons. The lowest BCUT2D eigenvalue weighted by molar-refractivity contribution is 0.0730. The predicted molar refractivity (Wildman–Crippen MR) is 94.7 cm³/mol. The Labute approximate surface area is 152 Å². The number of anilines is 1. The number of aryl methyl sites for hydroxylation is 1. The molecule has 0 aliphatic carbocycles. The first kappa shape index (κ1) is 18.8. The van der Waals surface area contributed by atoms with Crippen molar-refractivity contribution in [3.05, 3.63) is 36.7 Å². The fourth-order valence-corrected chi connectivity index (χ4v) is 4.92. The quantitative estimate of drug-likeness (QED) is 0.765. The van der Waals surface area contributed by atoms with E-state index < -0.39 is 20.0 Å². The van der Waals surface area contributed by atoms with Gasteiger partial charge in [-0.05, 0) is 31.2 Å². The van der Waals surface area contributed by atoms with Crippen LogP contribution in [0.15, 0.2) is 46.5 Å². The van der Waals surface area contributed by atoms with Crippen LogP contribution < -0.4 is 4.72 Å². The smallest absolute Gasteiger partial charge is 0.265 e. The monoisotopic (exact) mass is 400 g/mol. The van der Waals surface area contributed by atoms with Crippen molar-refractivity contribution >= 4 is 25.7 Å². The van der Waals surface area contributed by atoms with Crippen LogP contribution >= 0.6 is 0 Å². The zero-order valence-electron chi connectivity index (χ0n) is 14.2. The molecule has 142 valence electrons. The molecule has 0 bridgehead atoms. The molecule has 2 heterocycles. The summed E-state index contributed by atoms with van der Waals surface area (Å²) in [5.41, 5.74) is 0.273. The van der Waals surface area contributed by atoms with Gasteiger partial charge in [-0.1, -0.05) is 0 Å². The summed E-state index contributed by atoms with van der Waals surface area (Å²) in [7, 11) is -7.39. The number of sulfonamides is 2. The van der Waals surface area contributed by atoms with Crippen LogP contribution in [0.2, 0.25) is 0 Å². The fraction of sp³-hybridized carbons (Fsp3) is 0.400. The van der Waals surface area contributed by atoms with Crippen LogP contribution in [0.4, 0.5) is 5.69 Å². The predicted octanol–water partition coefficient (Wildman–Crippen LogP) is 0.725. The van der Waals surface area contributed by atoms with Gasteiger partial charge in [0.15, 0.2) is 0 Å². The average molecular weight is 400 g/mol. The maximum atomic E-state index is 12.6. The highest BCUT2D eigenvalue weighted by Gasteiger charge is 2.26. The number of rotatable bonds is 6. The number of aromatic nitrogens is 2. The third kappa shape index (κ3) is 3.90. The summed E-state index contributed by atoms with van der Waals surface area (Å²) in [5, 5.41) is 3.94. The van der Waals surface area contributed by atoms with E-state index in [0.717, 1.165) is 0 Å². The zero-order valence-corrected chi connectivity index (χ0v) is 15.8. The van der Waals surface area contributed by atoms with Crippen molar-refractivity contribution in [3.8, 4) is 0 Å². The van der Waals surface area contributed by atoms with Crippen LogP contribution in [0.3, 0.4) is 0 Å².